The third-order valence-corrected chi connectivity index (χ3v) is 3.78. The Hall–Kier alpha value is -0.900. The number of rotatable bonds is 5. The lowest BCUT2D eigenvalue weighted by Gasteiger charge is -2.16. The first kappa shape index (κ1) is 13.2. The van der Waals surface area contributed by atoms with E-state index >= 15 is 0 Å². The number of hydrogen-bond acceptors (Lipinski definition) is 4. The van der Waals surface area contributed by atoms with Crippen LogP contribution in [0.4, 0.5) is 5.13 Å². The van der Waals surface area contributed by atoms with Gasteiger partial charge >= 0.3 is 0 Å². The van der Waals surface area contributed by atoms with Crippen molar-refractivity contribution in [2.75, 3.05) is 18.0 Å². The zero-order valence-corrected chi connectivity index (χ0v) is 11.5. The maximum absolute atomic E-state index is 11.5. The Morgan fingerprint density at radius 3 is 2.25 bits per heavy atom. The first-order valence-corrected chi connectivity index (χ1v) is 6.59. The van der Waals surface area contributed by atoms with E-state index < -0.39 is 0 Å². The SMILES string of the molecule is CCN(CC)c1nc(C(C)C)c(C(C)=O)s1. The number of carbonyl (C=O) groups excluding carboxylic acids is 1. The third-order valence-electron chi connectivity index (χ3n) is 2.54. The average molecular weight is 240 g/mol. The summed E-state index contributed by atoms with van der Waals surface area (Å²) < 4.78 is 0. The summed E-state index contributed by atoms with van der Waals surface area (Å²) in [6.45, 7) is 11.8. The van der Waals surface area contributed by atoms with Gasteiger partial charge in [-0.25, -0.2) is 4.98 Å². The molecule has 0 aliphatic carbocycles. The van der Waals surface area contributed by atoms with Crippen molar-refractivity contribution in [1.29, 1.82) is 0 Å². The van der Waals surface area contributed by atoms with Crippen molar-refractivity contribution in [3.05, 3.63) is 10.6 Å². The summed E-state index contributed by atoms with van der Waals surface area (Å²) in [7, 11) is 0. The molecule has 0 spiro atoms. The minimum Gasteiger partial charge on any atom is -0.349 e. The van der Waals surface area contributed by atoms with E-state index in [-0.39, 0.29) is 5.78 Å². The van der Waals surface area contributed by atoms with E-state index in [0.29, 0.717) is 5.92 Å². The van der Waals surface area contributed by atoms with Crippen molar-refractivity contribution in [2.45, 2.75) is 40.5 Å². The number of hydrogen-bond donors (Lipinski definition) is 0. The smallest absolute Gasteiger partial charge is 0.186 e. The lowest BCUT2D eigenvalue weighted by Crippen LogP contribution is -2.21. The van der Waals surface area contributed by atoms with Crippen LogP contribution in [0.3, 0.4) is 0 Å². The zero-order valence-electron chi connectivity index (χ0n) is 10.7. The molecule has 90 valence electrons. The van der Waals surface area contributed by atoms with E-state index in [1.165, 1.54) is 11.3 Å². The highest BCUT2D eigenvalue weighted by atomic mass is 32.1. The Bertz CT molecular complexity index is 367. The molecule has 0 aliphatic rings. The second kappa shape index (κ2) is 5.43. The fraction of sp³-hybridized carbons (Fsp3) is 0.667. The van der Waals surface area contributed by atoms with Crippen molar-refractivity contribution in [2.24, 2.45) is 0 Å². The van der Waals surface area contributed by atoms with E-state index in [1.807, 2.05) is 0 Å². The molecule has 1 aromatic heterocycles. The van der Waals surface area contributed by atoms with Gasteiger partial charge in [-0.1, -0.05) is 25.2 Å². The molecule has 0 amide bonds. The van der Waals surface area contributed by atoms with Gasteiger partial charge < -0.3 is 4.90 Å². The molecule has 16 heavy (non-hydrogen) atoms. The van der Waals surface area contributed by atoms with E-state index in [0.717, 1.165) is 28.8 Å². The van der Waals surface area contributed by atoms with Crippen molar-refractivity contribution in [3.8, 4) is 0 Å². The average Bonchev–Trinajstić information content (AvgIpc) is 2.64. The summed E-state index contributed by atoms with van der Waals surface area (Å²) in [6.07, 6.45) is 0. The molecule has 0 fully saturated rings. The minimum absolute atomic E-state index is 0.125. The van der Waals surface area contributed by atoms with Gasteiger partial charge in [0.25, 0.3) is 0 Å². The van der Waals surface area contributed by atoms with Gasteiger partial charge in [0, 0.05) is 20.0 Å². The maximum Gasteiger partial charge on any atom is 0.186 e. The summed E-state index contributed by atoms with van der Waals surface area (Å²) in [5, 5.41) is 0.971. The van der Waals surface area contributed by atoms with Crippen LogP contribution in [0.15, 0.2) is 0 Å². The van der Waals surface area contributed by atoms with E-state index in [2.05, 4.69) is 37.6 Å². The molecule has 0 radical (unpaired) electrons. The molecule has 0 unspecified atom stereocenters. The van der Waals surface area contributed by atoms with Crippen LogP contribution in [0, 0.1) is 0 Å². The number of aromatic nitrogens is 1. The first-order valence-electron chi connectivity index (χ1n) is 5.77. The maximum atomic E-state index is 11.5. The molecule has 1 heterocycles. The lowest BCUT2D eigenvalue weighted by atomic mass is 10.1. The fourth-order valence-corrected chi connectivity index (χ4v) is 2.84. The standard InChI is InChI=1S/C12H20N2OS/c1-6-14(7-2)12-13-10(8(3)4)11(16-12)9(5)15/h8H,6-7H2,1-5H3. The zero-order chi connectivity index (χ0) is 12.3. The molecule has 0 aromatic carbocycles. The molecular weight excluding hydrogens is 220 g/mol. The molecule has 0 aliphatic heterocycles. The molecule has 0 bridgehead atoms. The first-order chi connectivity index (χ1) is 7.51. The topological polar surface area (TPSA) is 33.2 Å². The van der Waals surface area contributed by atoms with Crippen molar-refractivity contribution in [3.63, 3.8) is 0 Å². The summed E-state index contributed by atoms with van der Waals surface area (Å²) in [5.74, 6) is 0.430. The van der Waals surface area contributed by atoms with Gasteiger partial charge in [-0.3, -0.25) is 4.79 Å². The number of nitrogens with zero attached hydrogens (tertiary/aromatic N) is 2. The molecule has 3 nitrogen and oxygen atoms in total. The number of thiazole rings is 1. The highest BCUT2D eigenvalue weighted by Crippen LogP contribution is 2.30. The molecular formula is C12H20N2OS. The highest BCUT2D eigenvalue weighted by Gasteiger charge is 2.19. The molecule has 0 saturated heterocycles. The van der Waals surface area contributed by atoms with Crippen molar-refractivity contribution in [1.82, 2.24) is 4.98 Å². The Kier molecular flexibility index (Phi) is 4.47. The lowest BCUT2D eigenvalue weighted by molar-refractivity contribution is 0.102. The number of carbonyl (C=O) groups is 1. The highest BCUT2D eigenvalue weighted by molar-refractivity contribution is 7.17. The van der Waals surface area contributed by atoms with Crippen LogP contribution in [0.1, 0.15) is 55.9 Å². The molecule has 0 saturated carbocycles. The van der Waals surface area contributed by atoms with Crippen LogP contribution in [0.5, 0.6) is 0 Å². The van der Waals surface area contributed by atoms with Crippen molar-refractivity contribution >= 4 is 22.3 Å². The molecule has 4 heteroatoms. The number of ketones is 1. The fourth-order valence-electron chi connectivity index (χ4n) is 1.59. The van der Waals surface area contributed by atoms with Gasteiger partial charge in [-0.2, -0.15) is 0 Å². The summed E-state index contributed by atoms with van der Waals surface area (Å²) in [4.78, 5) is 19.1. The molecule has 1 aromatic rings. The summed E-state index contributed by atoms with van der Waals surface area (Å²) >= 11 is 1.52. The van der Waals surface area contributed by atoms with Gasteiger partial charge in [0.05, 0.1) is 10.6 Å². The van der Waals surface area contributed by atoms with Gasteiger partial charge in [-0.15, -0.1) is 0 Å². The normalized spacial score (nSPS) is 10.9. The van der Waals surface area contributed by atoms with Crippen molar-refractivity contribution < 1.29 is 4.79 Å². The van der Waals surface area contributed by atoms with Gasteiger partial charge in [-0.05, 0) is 19.8 Å². The van der Waals surface area contributed by atoms with Crippen LogP contribution < -0.4 is 4.90 Å². The Balaban J connectivity index is 3.15. The van der Waals surface area contributed by atoms with E-state index in [1.54, 1.807) is 6.92 Å². The van der Waals surface area contributed by atoms with E-state index in [9.17, 15) is 4.79 Å². The van der Waals surface area contributed by atoms with Gasteiger partial charge in [0.15, 0.2) is 10.9 Å². The second-order valence-corrected chi connectivity index (χ2v) is 5.07. The summed E-state index contributed by atoms with van der Waals surface area (Å²) in [5.41, 5.74) is 0.944. The Morgan fingerprint density at radius 1 is 1.38 bits per heavy atom. The predicted molar refractivity (Wildman–Crippen MR) is 69.8 cm³/mol. The van der Waals surface area contributed by atoms with Gasteiger partial charge in [0.2, 0.25) is 0 Å². The van der Waals surface area contributed by atoms with Crippen LogP contribution >= 0.6 is 11.3 Å². The molecule has 0 N–H and O–H groups in total. The van der Waals surface area contributed by atoms with Gasteiger partial charge in [0.1, 0.15) is 0 Å². The van der Waals surface area contributed by atoms with Crippen LogP contribution in [-0.4, -0.2) is 23.9 Å². The largest absolute Gasteiger partial charge is 0.349 e. The summed E-state index contributed by atoms with van der Waals surface area (Å²) in [6, 6.07) is 0. The van der Waals surface area contributed by atoms with Crippen LogP contribution in [0.2, 0.25) is 0 Å². The molecule has 0 atom stereocenters. The van der Waals surface area contributed by atoms with E-state index in [4.69, 9.17) is 0 Å². The number of anilines is 1. The van der Waals surface area contributed by atoms with Crippen LogP contribution in [0.25, 0.3) is 0 Å². The quantitative estimate of drug-likeness (QED) is 0.740. The Labute approximate surface area is 101 Å². The second-order valence-electron chi connectivity index (χ2n) is 4.09. The molecule has 1 rings (SSSR count). The Morgan fingerprint density at radius 2 is 1.94 bits per heavy atom. The van der Waals surface area contributed by atoms with Crippen LogP contribution in [-0.2, 0) is 0 Å². The third kappa shape index (κ3) is 2.61. The minimum atomic E-state index is 0.125. The predicted octanol–water partition coefficient (Wildman–Crippen LogP) is 3.32. The number of Topliss-reactive ketones (excluding diaryl/α,β-unsaturated/α-hetero) is 1. The monoisotopic (exact) mass is 240 g/mol.